The molecule has 1 saturated heterocycles. The van der Waals surface area contributed by atoms with Crippen LogP contribution in [0.5, 0.6) is 0 Å². The largest absolute Gasteiger partial charge is 0.349 e. The Bertz CT molecular complexity index is 1100. The van der Waals surface area contributed by atoms with Gasteiger partial charge in [0, 0.05) is 43.5 Å². The molecule has 1 N–H and O–H groups in total. The van der Waals surface area contributed by atoms with E-state index in [-0.39, 0.29) is 17.5 Å². The number of aromatic nitrogens is 2. The summed E-state index contributed by atoms with van der Waals surface area (Å²) in [5.74, 6) is 0.000982. The minimum absolute atomic E-state index is 0.000982. The van der Waals surface area contributed by atoms with Crippen molar-refractivity contribution in [3.8, 4) is 0 Å². The predicted molar refractivity (Wildman–Crippen MR) is 113 cm³/mol. The molecule has 3 heterocycles. The van der Waals surface area contributed by atoms with E-state index >= 15 is 0 Å². The second kappa shape index (κ2) is 8.17. The average molecular weight is 390 g/mol. The summed E-state index contributed by atoms with van der Waals surface area (Å²) in [5, 5.41) is 3.16. The zero-order valence-corrected chi connectivity index (χ0v) is 16.9. The SMILES string of the molecule is Cc1ccc2nc(CN3CCC(NC(=O)c4ccccc4C)CC3)cc(=O)n2c1. The van der Waals surface area contributed by atoms with Gasteiger partial charge in [0.2, 0.25) is 0 Å². The predicted octanol–water partition coefficient (Wildman–Crippen LogP) is 2.71. The first-order chi connectivity index (χ1) is 14.0. The number of nitrogens with zero attached hydrogens (tertiary/aromatic N) is 3. The molecule has 6 nitrogen and oxygen atoms in total. The molecule has 1 aliphatic heterocycles. The molecule has 2 aromatic heterocycles. The number of hydrogen-bond donors (Lipinski definition) is 1. The molecule has 1 aliphatic rings. The van der Waals surface area contributed by atoms with Gasteiger partial charge in [-0.05, 0) is 49.9 Å². The van der Waals surface area contributed by atoms with Gasteiger partial charge in [-0.2, -0.15) is 0 Å². The summed E-state index contributed by atoms with van der Waals surface area (Å²) in [6, 6.07) is 13.3. The first-order valence-electron chi connectivity index (χ1n) is 10.1. The van der Waals surface area contributed by atoms with Crippen LogP contribution in [0.3, 0.4) is 0 Å². The Kier molecular flexibility index (Phi) is 5.45. The Morgan fingerprint density at radius 3 is 2.66 bits per heavy atom. The lowest BCUT2D eigenvalue weighted by atomic mass is 10.0. The molecular weight excluding hydrogens is 364 g/mol. The monoisotopic (exact) mass is 390 g/mol. The Hall–Kier alpha value is -2.99. The van der Waals surface area contributed by atoms with Crippen LogP contribution in [0, 0.1) is 13.8 Å². The highest BCUT2D eigenvalue weighted by molar-refractivity contribution is 5.95. The van der Waals surface area contributed by atoms with Crippen molar-refractivity contribution in [2.24, 2.45) is 0 Å². The van der Waals surface area contributed by atoms with Gasteiger partial charge in [0.25, 0.3) is 11.5 Å². The first kappa shape index (κ1) is 19.3. The summed E-state index contributed by atoms with van der Waals surface area (Å²) >= 11 is 0. The second-order valence-electron chi connectivity index (χ2n) is 7.86. The van der Waals surface area contributed by atoms with Crippen LogP contribution >= 0.6 is 0 Å². The van der Waals surface area contributed by atoms with E-state index < -0.39 is 0 Å². The number of carbonyl (C=O) groups excluding carboxylic acids is 1. The number of piperidine rings is 1. The number of aryl methyl sites for hydroxylation is 2. The molecule has 4 rings (SSSR count). The second-order valence-corrected chi connectivity index (χ2v) is 7.86. The first-order valence-corrected chi connectivity index (χ1v) is 10.1. The van der Waals surface area contributed by atoms with Crippen molar-refractivity contribution in [1.82, 2.24) is 19.6 Å². The van der Waals surface area contributed by atoms with Crippen LogP contribution in [0.2, 0.25) is 0 Å². The normalized spacial score (nSPS) is 15.5. The van der Waals surface area contributed by atoms with E-state index in [4.69, 9.17) is 0 Å². The van der Waals surface area contributed by atoms with Crippen molar-refractivity contribution in [2.75, 3.05) is 13.1 Å². The molecule has 1 amide bonds. The van der Waals surface area contributed by atoms with Gasteiger partial charge >= 0.3 is 0 Å². The highest BCUT2D eigenvalue weighted by Gasteiger charge is 2.22. The fraction of sp³-hybridized carbons (Fsp3) is 0.348. The number of nitrogens with one attached hydrogen (secondary N) is 1. The van der Waals surface area contributed by atoms with Crippen molar-refractivity contribution in [1.29, 1.82) is 0 Å². The van der Waals surface area contributed by atoms with Crippen molar-refractivity contribution >= 4 is 11.6 Å². The third kappa shape index (κ3) is 4.38. The molecule has 150 valence electrons. The van der Waals surface area contributed by atoms with Crippen LogP contribution in [0.15, 0.2) is 53.5 Å². The van der Waals surface area contributed by atoms with Crippen molar-refractivity contribution in [2.45, 2.75) is 39.3 Å². The van der Waals surface area contributed by atoms with E-state index in [0.29, 0.717) is 12.2 Å². The molecule has 3 aromatic rings. The summed E-state index contributed by atoms with van der Waals surface area (Å²) in [6.45, 7) is 6.30. The number of likely N-dealkylation sites (tertiary alicyclic amines) is 1. The zero-order chi connectivity index (χ0) is 20.4. The summed E-state index contributed by atoms with van der Waals surface area (Å²) in [4.78, 5) is 31.8. The van der Waals surface area contributed by atoms with Gasteiger partial charge < -0.3 is 5.32 Å². The summed E-state index contributed by atoms with van der Waals surface area (Å²) < 4.78 is 1.59. The third-order valence-electron chi connectivity index (χ3n) is 5.56. The molecule has 0 spiro atoms. The van der Waals surface area contributed by atoms with Crippen molar-refractivity contribution < 1.29 is 4.79 Å². The smallest absolute Gasteiger partial charge is 0.258 e. The van der Waals surface area contributed by atoms with Gasteiger partial charge in [0.05, 0.1) is 5.69 Å². The highest BCUT2D eigenvalue weighted by Crippen LogP contribution is 2.15. The fourth-order valence-corrected chi connectivity index (χ4v) is 3.89. The zero-order valence-electron chi connectivity index (χ0n) is 16.9. The van der Waals surface area contributed by atoms with Crippen LogP contribution in [-0.2, 0) is 6.54 Å². The number of pyridine rings is 1. The van der Waals surface area contributed by atoms with E-state index in [9.17, 15) is 9.59 Å². The summed E-state index contributed by atoms with van der Waals surface area (Å²) in [7, 11) is 0. The van der Waals surface area contributed by atoms with Gasteiger partial charge in [0.1, 0.15) is 5.65 Å². The molecular formula is C23H26N4O2. The Balaban J connectivity index is 1.36. The molecule has 1 fully saturated rings. The summed E-state index contributed by atoms with van der Waals surface area (Å²) in [5.41, 5.74) is 4.19. The lowest BCUT2D eigenvalue weighted by Crippen LogP contribution is -2.44. The molecule has 1 aromatic carbocycles. The van der Waals surface area contributed by atoms with Crippen LogP contribution in [-0.4, -0.2) is 39.3 Å². The standard InChI is InChI=1S/C23H26N4O2/c1-16-7-8-21-24-19(13-22(28)27(21)14-16)15-26-11-9-18(10-12-26)25-23(29)20-6-4-3-5-17(20)2/h3-8,13-14,18H,9-12,15H2,1-2H3,(H,25,29). The van der Waals surface area contributed by atoms with Gasteiger partial charge in [-0.25, -0.2) is 4.98 Å². The minimum atomic E-state index is -0.0471. The highest BCUT2D eigenvalue weighted by atomic mass is 16.1. The minimum Gasteiger partial charge on any atom is -0.349 e. The molecule has 29 heavy (non-hydrogen) atoms. The van der Waals surface area contributed by atoms with Crippen LogP contribution in [0.25, 0.3) is 5.65 Å². The third-order valence-corrected chi connectivity index (χ3v) is 5.56. The molecule has 0 radical (unpaired) electrons. The number of amides is 1. The van der Waals surface area contributed by atoms with Crippen molar-refractivity contribution in [3.05, 3.63) is 81.4 Å². The maximum absolute atomic E-state index is 12.5. The Morgan fingerprint density at radius 2 is 1.90 bits per heavy atom. The molecule has 0 bridgehead atoms. The summed E-state index contributed by atoms with van der Waals surface area (Å²) in [6.07, 6.45) is 3.60. The number of carbonyl (C=O) groups is 1. The average Bonchev–Trinajstić information content (AvgIpc) is 2.70. The number of hydrogen-bond acceptors (Lipinski definition) is 4. The van der Waals surface area contributed by atoms with Crippen LogP contribution in [0.1, 0.15) is 40.0 Å². The fourth-order valence-electron chi connectivity index (χ4n) is 3.89. The molecule has 0 unspecified atom stereocenters. The van der Waals surface area contributed by atoms with Gasteiger partial charge in [-0.1, -0.05) is 24.3 Å². The number of rotatable bonds is 4. The lowest BCUT2D eigenvalue weighted by Gasteiger charge is -2.32. The Morgan fingerprint density at radius 1 is 1.14 bits per heavy atom. The van der Waals surface area contributed by atoms with E-state index in [2.05, 4.69) is 15.2 Å². The topological polar surface area (TPSA) is 66.7 Å². The van der Waals surface area contributed by atoms with Gasteiger partial charge in [-0.15, -0.1) is 0 Å². The van der Waals surface area contributed by atoms with Crippen LogP contribution < -0.4 is 10.9 Å². The van der Waals surface area contributed by atoms with E-state index in [0.717, 1.165) is 48.3 Å². The molecule has 0 aliphatic carbocycles. The van der Waals surface area contributed by atoms with E-state index in [1.165, 1.54) is 0 Å². The van der Waals surface area contributed by atoms with Crippen molar-refractivity contribution in [3.63, 3.8) is 0 Å². The maximum atomic E-state index is 12.5. The van der Waals surface area contributed by atoms with Gasteiger partial charge in [-0.3, -0.25) is 18.9 Å². The number of benzene rings is 1. The molecule has 0 saturated carbocycles. The maximum Gasteiger partial charge on any atom is 0.258 e. The number of fused-ring (bicyclic) bond motifs is 1. The van der Waals surface area contributed by atoms with E-state index in [1.54, 1.807) is 10.5 Å². The molecule has 6 heteroatoms. The van der Waals surface area contributed by atoms with Gasteiger partial charge in [0.15, 0.2) is 0 Å². The molecule has 0 atom stereocenters. The Labute approximate surface area is 170 Å². The van der Waals surface area contributed by atoms with Crippen LogP contribution in [0.4, 0.5) is 0 Å². The lowest BCUT2D eigenvalue weighted by molar-refractivity contribution is 0.0908. The quantitative estimate of drug-likeness (QED) is 0.744. The van der Waals surface area contributed by atoms with E-state index in [1.807, 2.05) is 56.4 Å².